The normalized spacial score (nSPS) is 9.50. The van der Waals surface area contributed by atoms with Crippen LogP contribution in [0.2, 0.25) is 0 Å². The summed E-state index contributed by atoms with van der Waals surface area (Å²) in [6, 6.07) is 6.50. The second-order valence-corrected chi connectivity index (χ2v) is 3.70. The van der Waals surface area contributed by atoms with Crippen LogP contribution in [0.4, 0.5) is 5.69 Å². The highest BCUT2D eigenvalue weighted by Crippen LogP contribution is 2.16. The van der Waals surface area contributed by atoms with Crippen LogP contribution >= 0.6 is 24.8 Å². The SMILES string of the molecule is O=[N+]([O-])c1ccccc1CNC(=S)S. The van der Waals surface area contributed by atoms with Gasteiger partial charge in [-0.1, -0.05) is 30.4 Å². The number of benzene rings is 1. The first-order valence-corrected chi connectivity index (χ1v) is 4.66. The topological polar surface area (TPSA) is 55.2 Å². The van der Waals surface area contributed by atoms with Gasteiger partial charge in [-0.25, -0.2) is 0 Å². The largest absolute Gasteiger partial charge is 0.367 e. The van der Waals surface area contributed by atoms with E-state index in [-0.39, 0.29) is 5.69 Å². The van der Waals surface area contributed by atoms with Gasteiger partial charge in [0.1, 0.15) is 4.32 Å². The molecule has 0 heterocycles. The van der Waals surface area contributed by atoms with E-state index in [0.29, 0.717) is 16.4 Å². The summed E-state index contributed by atoms with van der Waals surface area (Å²) in [5.74, 6) is 0. The van der Waals surface area contributed by atoms with E-state index >= 15 is 0 Å². The number of para-hydroxylation sites is 1. The van der Waals surface area contributed by atoms with Crippen molar-refractivity contribution in [2.75, 3.05) is 0 Å². The lowest BCUT2D eigenvalue weighted by atomic mass is 10.2. The van der Waals surface area contributed by atoms with Crippen LogP contribution in [0.15, 0.2) is 24.3 Å². The molecule has 0 amide bonds. The first kappa shape index (κ1) is 10.9. The van der Waals surface area contributed by atoms with Crippen molar-refractivity contribution >= 4 is 34.9 Å². The predicted molar refractivity (Wildman–Crippen MR) is 61.5 cm³/mol. The van der Waals surface area contributed by atoms with Crippen molar-refractivity contribution < 1.29 is 4.92 Å². The highest BCUT2D eigenvalue weighted by molar-refractivity contribution is 8.11. The van der Waals surface area contributed by atoms with Crippen molar-refractivity contribution in [2.24, 2.45) is 0 Å². The maximum Gasteiger partial charge on any atom is 0.274 e. The van der Waals surface area contributed by atoms with Crippen LogP contribution in [0.1, 0.15) is 5.56 Å². The van der Waals surface area contributed by atoms with Gasteiger partial charge < -0.3 is 5.32 Å². The molecule has 1 N–H and O–H groups in total. The minimum Gasteiger partial charge on any atom is -0.367 e. The number of thiocarbonyl (C=S) groups is 1. The lowest BCUT2D eigenvalue weighted by Crippen LogP contribution is -2.16. The molecule has 0 radical (unpaired) electrons. The molecule has 0 aliphatic carbocycles. The van der Waals surface area contributed by atoms with Gasteiger partial charge in [0.05, 0.1) is 4.92 Å². The van der Waals surface area contributed by atoms with Crippen LogP contribution < -0.4 is 5.32 Å². The molecule has 0 fully saturated rings. The second-order valence-electron chi connectivity index (χ2n) is 2.54. The zero-order chi connectivity index (χ0) is 10.6. The fourth-order valence-corrected chi connectivity index (χ4v) is 1.16. The number of nitro groups is 1. The van der Waals surface area contributed by atoms with Crippen LogP contribution in [0, 0.1) is 10.1 Å². The zero-order valence-corrected chi connectivity index (χ0v) is 8.85. The van der Waals surface area contributed by atoms with Gasteiger partial charge in [0.2, 0.25) is 0 Å². The lowest BCUT2D eigenvalue weighted by Gasteiger charge is -2.03. The Labute approximate surface area is 91.9 Å². The Balaban J connectivity index is 2.84. The minimum atomic E-state index is -0.418. The molecule has 0 aliphatic rings. The molecule has 0 unspecified atom stereocenters. The fourth-order valence-electron chi connectivity index (χ4n) is 1.01. The molecule has 1 rings (SSSR count). The molecular weight excluding hydrogens is 220 g/mol. The van der Waals surface area contributed by atoms with Crippen molar-refractivity contribution in [1.82, 2.24) is 5.32 Å². The van der Waals surface area contributed by atoms with Gasteiger partial charge in [-0.2, -0.15) is 0 Å². The Bertz CT molecular complexity index is 368. The number of hydrogen-bond donors (Lipinski definition) is 2. The van der Waals surface area contributed by atoms with E-state index in [1.54, 1.807) is 18.2 Å². The number of nitrogens with one attached hydrogen (secondary N) is 1. The average Bonchev–Trinajstić information content (AvgIpc) is 2.15. The van der Waals surface area contributed by atoms with E-state index in [1.165, 1.54) is 6.07 Å². The Hall–Kier alpha value is -1.14. The highest BCUT2D eigenvalue weighted by atomic mass is 32.1. The van der Waals surface area contributed by atoms with Gasteiger partial charge in [0.25, 0.3) is 5.69 Å². The van der Waals surface area contributed by atoms with Gasteiger partial charge in [0, 0.05) is 18.2 Å². The smallest absolute Gasteiger partial charge is 0.274 e. The molecule has 0 bridgehead atoms. The Morgan fingerprint density at radius 2 is 2.21 bits per heavy atom. The Morgan fingerprint density at radius 1 is 1.57 bits per heavy atom. The van der Waals surface area contributed by atoms with Crippen molar-refractivity contribution in [1.29, 1.82) is 0 Å². The number of hydrogen-bond acceptors (Lipinski definition) is 3. The Morgan fingerprint density at radius 3 is 2.79 bits per heavy atom. The number of nitrogens with zero attached hydrogens (tertiary/aromatic N) is 1. The van der Waals surface area contributed by atoms with Crippen LogP contribution in [-0.4, -0.2) is 9.24 Å². The van der Waals surface area contributed by atoms with Crippen LogP contribution in [0.3, 0.4) is 0 Å². The summed E-state index contributed by atoms with van der Waals surface area (Å²) < 4.78 is 0.322. The Kier molecular flexibility index (Phi) is 3.84. The molecule has 4 nitrogen and oxygen atoms in total. The van der Waals surface area contributed by atoms with E-state index in [4.69, 9.17) is 0 Å². The highest BCUT2D eigenvalue weighted by Gasteiger charge is 2.11. The average molecular weight is 228 g/mol. The van der Waals surface area contributed by atoms with E-state index in [1.807, 2.05) is 0 Å². The molecule has 0 saturated heterocycles. The standard InChI is InChI=1S/C8H8N2O2S2/c11-10(12)7-4-2-1-3-6(7)5-9-8(13)14/h1-4H,5H2,(H2,9,13,14). The summed E-state index contributed by atoms with van der Waals surface area (Å²) in [5, 5.41) is 13.3. The summed E-state index contributed by atoms with van der Waals surface area (Å²) >= 11 is 8.55. The lowest BCUT2D eigenvalue weighted by molar-refractivity contribution is -0.385. The molecule has 14 heavy (non-hydrogen) atoms. The molecule has 74 valence electrons. The molecule has 0 saturated carbocycles. The maximum absolute atomic E-state index is 10.6. The molecule has 0 spiro atoms. The van der Waals surface area contributed by atoms with Crippen LogP contribution in [-0.2, 0) is 6.54 Å². The van der Waals surface area contributed by atoms with Crippen molar-refractivity contribution in [3.05, 3.63) is 39.9 Å². The third kappa shape index (κ3) is 2.97. The van der Waals surface area contributed by atoms with E-state index < -0.39 is 4.92 Å². The summed E-state index contributed by atoms with van der Waals surface area (Å²) in [6.07, 6.45) is 0. The maximum atomic E-state index is 10.6. The number of rotatable bonds is 3. The van der Waals surface area contributed by atoms with Gasteiger partial charge >= 0.3 is 0 Å². The van der Waals surface area contributed by atoms with Gasteiger partial charge in [-0.05, 0) is 0 Å². The number of thiol groups is 1. The second kappa shape index (κ2) is 4.92. The molecule has 1 aromatic carbocycles. The third-order valence-corrected chi connectivity index (χ3v) is 1.92. The summed E-state index contributed by atoms with van der Waals surface area (Å²) in [7, 11) is 0. The molecule has 1 aromatic rings. The summed E-state index contributed by atoms with van der Waals surface area (Å²) in [6.45, 7) is 0.319. The minimum absolute atomic E-state index is 0.0876. The van der Waals surface area contributed by atoms with Gasteiger partial charge in [-0.3, -0.25) is 10.1 Å². The summed E-state index contributed by atoms with van der Waals surface area (Å²) in [5.41, 5.74) is 0.679. The van der Waals surface area contributed by atoms with Crippen LogP contribution in [0.5, 0.6) is 0 Å². The molecule has 0 aliphatic heterocycles. The first-order valence-electron chi connectivity index (χ1n) is 3.80. The first-order chi connectivity index (χ1) is 6.61. The van der Waals surface area contributed by atoms with Crippen molar-refractivity contribution in [3.63, 3.8) is 0 Å². The molecule has 0 atom stereocenters. The van der Waals surface area contributed by atoms with E-state index in [9.17, 15) is 10.1 Å². The summed E-state index contributed by atoms with van der Waals surface area (Å²) in [4.78, 5) is 10.2. The van der Waals surface area contributed by atoms with Gasteiger partial charge in [0.15, 0.2) is 0 Å². The van der Waals surface area contributed by atoms with Crippen LogP contribution in [0.25, 0.3) is 0 Å². The van der Waals surface area contributed by atoms with E-state index in [2.05, 4.69) is 30.2 Å². The van der Waals surface area contributed by atoms with E-state index in [0.717, 1.165) is 0 Å². The van der Waals surface area contributed by atoms with Crippen molar-refractivity contribution in [2.45, 2.75) is 6.54 Å². The zero-order valence-electron chi connectivity index (χ0n) is 7.14. The third-order valence-electron chi connectivity index (χ3n) is 1.62. The quantitative estimate of drug-likeness (QED) is 0.359. The molecule has 6 heteroatoms. The monoisotopic (exact) mass is 228 g/mol. The van der Waals surface area contributed by atoms with Gasteiger partial charge in [-0.15, -0.1) is 12.6 Å². The predicted octanol–water partition coefficient (Wildman–Crippen LogP) is 1.90. The van der Waals surface area contributed by atoms with Crippen molar-refractivity contribution in [3.8, 4) is 0 Å². The molecule has 0 aromatic heterocycles. The molecular formula is C8H8N2O2S2. The fraction of sp³-hybridized carbons (Fsp3) is 0.125. The number of nitro benzene ring substituents is 1.